The summed E-state index contributed by atoms with van der Waals surface area (Å²) < 4.78 is 0.670. The van der Waals surface area contributed by atoms with E-state index in [2.05, 4.69) is 25.9 Å². The first kappa shape index (κ1) is 9.27. The number of nitrogens with one attached hydrogen (secondary N) is 1. The fourth-order valence-electron chi connectivity index (χ4n) is 1.21. The van der Waals surface area contributed by atoms with Gasteiger partial charge in [0.2, 0.25) is 0 Å². The maximum absolute atomic E-state index is 9.32. The number of phenolic OH excluding ortho intramolecular Hbond substituents is 1. The van der Waals surface area contributed by atoms with Gasteiger partial charge >= 0.3 is 0 Å². The summed E-state index contributed by atoms with van der Waals surface area (Å²) in [6.45, 7) is 1.95. The molecule has 1 heterocycles. The van der Waals surface area contributed by atoms with E-state index < -0.39 is 0 Å². The zero-order valence-corrected chi connectivity index (χ0v) is 9.17. The minimum atomic E-state index is 0.233. The van der Waals surface area contributed by atoms with Gasteiger partial charge in [-0.2, -0.15) is 0 Å². The molecule has 4 heteroatoms. The average molecular weight is 253 g/mol. The summed E-state index contributed by atoms with van der Waals surface area (Å²) >= 11 is 3.26. The molecule has 2 aromatic rings. The molecule has 1 aromatic heterocycles. The molecule has 0 aliphatic rings. The van der Waals surface area contributed by atoms with Gasteiger partial charge in [0, 0.05) is 17.5 Å². The lowest BCUT2D eigenvalue weighted by atomic mass is 10.2. The monoisotopic (exact) mass is 252 g/mol. The van der Waals surface area contributed by atoms with Crippen LogP contribution in [-0.2, 0) is 0 Å². The van der Waals surface area contributed by atoms with Crippen molar-refractivity contribution in [3.8, 4) is 17.1 Å². The highest BCUT2D eigenvalue weighted by atomic mass is 79.9. The van der Waals surface area contributed by atoms with E-state index >= 15 is 0 Å². The van der Waals surface area contributed by atoms with Crippen LogP contribution in [0.1, 0.15) is 5.69 Å². The highest BCUT2D eigenvalue weighted by Gasteiger charge is 2.04. The molecule has 0 radical (unpaired) electrons. The van der Waals surface area contributed by atoms with Gasteiger partial charge < -0.3 is 10.1 Å². The minimum Gasteiger partial charge on any atom is -0.507 e. The summed E-state index contributed by atoms with van der Waals surface area (Å²) in [5, 5.41) is 9.32. The molecule has 1 aromatic carbocycles. The predicted molar refractivity (Wildman–Crippen MR) is 58.1 cm³/mol. The first-order chi connectivity index (χ1) is 6.66. The summed E-state index contributed by atoms with van der Waals surface area (Å²) in [7, 11) is 0. The third-order valence-corrected chi connectivity index (χ3v) is 2.56. The number of halogens is 1. The number of aromatic nitrogens is 2. The van der Waals surface area contributed by atoms with Gasteiger partial charge in [-0.05, 0) is 41.1 Å². The van der Waals surface area contributed by atoms with Crippen LogP contribution in [0.3, 0.4) is 0 Å². The van der Waals surface area contributed by atoms with Gasteiger partial charge in [0.05, 0.1) is 4.47 Å². The first-order valence-corrected chi connectivity index (χ1v) is 4.96. The Bertz CT molecular complexity index is 465. The van der Waals surface area contributed by atoms with Crippen molar-refractivity contribution >= 4 is 15.9 Å². The number of aromatic hydroxyl groups is 1. The molecule has 72 valence electrons. The molecule has 0 aliphatic carbocycles. The molecule has 0 bridgehead atoms. The van der Waals surface area contributed by atoms with E-state index in [9.17, 15) is 5.11 Å². The number of aromatic amines is 1. The number of H-pyrrole nitrogens is 1. The van der Waals surface area contributed by atoms with Crippen LogP contribution in [0.2, 0.25) is 0 Å². The minimum absolute atomic E-state index is 0.233. The number of aryl methyl sites for hydroxylation is 1. The number of benzene rings is 1. The molecule has 0 fully saturated rings. The molecule has 0 spiro atoms. The fourth-order valence-corrected chi connectivity index (χ4v) is 1.59. The third-order valence-electron chi connectivity index (χ3n) is 1.92. The SMILES string of the molecule is Cc1cnc(-c2ccc(O)c(Br)c2)[nH]1. The summed E-state index contributed by atoms with van der Waals surface area (Å²) in [4.78, 5) is 7.32. The Morgan fingerprint density at radius 1 is 1.43 bits per heavy atom. The van der Waals surface area contributed by atoms with Crippen molar-refractivity contribution in [3.63, 3.8) is 0 Å². The topological polar surface area (TPSA) is 48.9 Å². The maximum Gasteiger partial charge on any atom is 0.137 e. The molecule has 0 saturated heterocycles. The van der Waals surface area contributed by atoms with Crippen LogP contribution in [0.25, 0.3) is 11.4 Å². The van der Waals surface area contributed by atoms with Gasteiger partial charge in [-0.3, -0.25) is 0 Å². The van der Waals surface area contributed by atoms with Crippen LogP contribution >= 0.6 is 15.9 Å². The van der Waals surface area contributed by atoms with Crippen molar-refractivity contribution in [1.29, 1.82) is 0 Å². The van der Waals surface area contributed by atoms with Crippen LogP contribution in [-0.4, -0.2) is 15.1 Å². The fraction of sp³-hybridized carbons (Fsp3) is 0.100. The largest absolute Gasteiger partial charge is 0.507 e. The highest BCUT2D eigenvalue weighted by molar-refractivity contribution is 9.10. The van der Waals surface area contributed by atoms with Gasteiger partial charge in [0.1, 0.15) is 11.6 Å². The summed E-state index contributed by atoms with van der Waals surface area (Å²) in [5.41, 5.74) is 1.96. The zero-order valence-electron chi connectivity index (χ0n) is 7.58. The van der Waals surface area contributed by atoms with Crippen LogP contribution < -0.4 is 0 Å². The van der Waals surface area contributed by atoms with Crippen LogP contribution in [0, 0.1) is 6.92 Å². The molecular formula is C10H9BrN2O. The van der Waals surface area contributed by atoms with Gasteiger partial charge in [-0.1, -0.05) is 0 Å². The Morgan fingerprint density at radius 2 is 2.21 bits per heavy atom. The molecule has 0 atom stereocenters. The molecule has 2 N–H and O–H groups in total. The predicted octanol–water partition coefficient (Wildman–Crippen LogP) is 2.85. The normalized spacial score (nSPS) is 10.4. The molecule has 2 rings (SSSR count). The molecule has 3 nitrogen and oxygen atoms in total. The van der Waals surface area contributed by atoms with Gasteiger partial charge in [-0.15, -0.1) is 0 Å². The summed E-state index contributed by atoms with van der Waals surface area (Å²) in [6, 6.07) is 5.28. The Hall–Kier alpha value is -1.29. The lowest BCUT2D eigenvalue weighted by Gasteiger charge is -1.99. The number of rotatable bonds is 1. The molecule has 14 heavy (non-hydrogen) atoms. The molecule has 0 saturated carbocycles. The smallest absolute Gasteiger partial charge is 0.137 e. The van der Waals surface area contributed by atoms with Crippen LogP contribution in [0.15, 0.2) is 28.9 Å². The second-order valence-corrected chi connectivity index (χ2v) is 3.94. The summed E-state index contributed by atoms with van der Waals surface area (Å²) in [6.07, 6.45) is 1.77. The molecular weight excluding hydrogens is 244 g/mol. The van der Waals surface area contributed by atoms with Crippen molar-refractivity contribution in [2.45, 2.75) is 6.92 Å². The maximum atomic E-state index is 9.32. The van der Waals surface area contributed by atoms with E-state index in [1.165, 1.54) is 0 Å². The zero-order chi connectivity index (χ0) is 10.1. The van der Waals surface area contributed by atoms with Crippen molar-refractivity contribution in [2.75, 3.05) is 0 Å². The first-order valence-electron chi connectivity index (χ1n) is 4.17. The van der Waals surface area contributed by atoms with Crippen molar-refractivity contribution < 1.29 is 5.11 Å². The Balaban J connectivity index is 2.47. The highest BCUT2D eigenvalue weighted by Crippen LogP contribution is 2.28. The van der Waals surface area contributed by atoms with E-state index in [0.717, 1.165) is 17.1 Å². The van der Waals surface area contributed by atoms with E-state index in [-0.39, 0.29) is 5.75 Å². The lowest BCUT2D eigenvalue weighted by molar-refractivity contribution is 0.472. The van der Waals surface area contributed by atoms with E-state index in [1.54, 1.807) is 12.3 Å². The van der Waals surface area contributed by atoms with Gasteiger partial charge in [0.25, 0.3) is 0 Å². The number of phenols is 1. The van der Waals surface area contributed by atoms with Gasteiger partial charge in [-0.25, -0.2) is 4.98 Å². The second kappa shape index (κ2) is 3.46. The number of nitrogens with zero attached hydrogens (tertiary/aromatic N) is 1. The third kappa shape index (κ3) is 1.65. The molecule has 0 unspecified atom stereocenters. The van der Waals surface area contributed by atoms with E-state index in [1.807, 2.05) is 19.1 Å². The molecule has 0 aliphatic heterocycles. The number of hydrogen-bond acceptors (Lipinski definition) is 2. The van der Waals surface area contributed by atoms with Crippen molar-refractivity contribution in [1.82, 2.24) is 9.97 Å². The van der Waals surface area contributed by atoms with Crippen LogP contribution in [0.4, 0.5) is 0 Å². The average Bonchev–Trinajstić information content (AvgIpc) is 2.57. The number of hydrogen-bond donors (Lipinski definition) is 2. The van der Waals surface area contributed by atoms with Crippen LogP contribution in [0.5, 0.6) is 5.75 Å². The van der Waals surface area contributed by atoms with Crippen molar-refractivity contribution in [3.05, 3.63) is 34.6 Å². The quantitative estimate of drug-likeness (QED) is 0.820. The molecule has 0 amide bonds. The van der Waals surface area contributed by atoms with E-state index in [4.69, 9.17) is 0 Å². The second-order valence-electron chi connectivity index (χ2n) is 3.08. The van der Waals surface area contributed by atoms with Gasteiger partial charge in [0.15, 0.2) is 0 Å². The Kier molecular flexibility index (Phi) is 2.29. The lowest BCUT2D eigenvalue weighted by Crippen LogP contribution is -1.80. The number of imidazole rings is 1. The Morgan fingerprint density at radius 3 is 2.79 bits per heavy atom. The van der Waals surface area contributed by atoms with E-state index in [0.29, 0.717) is 4.47 Å². The summed E-state index contributed by atoms with van der Waals surface area (Å²) in [5.74, 6) is 1.04. The standard InChI is InChI=1S/C10H9BrN2O/c1-6-5-12-10(13-6)7-2-3-9(14)8(11)4-7/h2-5,14H,1H3,(H,12,13). The Labute approximate surface area is 89.9 Å². The van der Waals surface area contributed by atoms with Crippen molar-refractivity contribution in [2.24, 2.45) is 0 Å².